The van der Waals surface area contributed by atoms with Gasteiger partial charge in [-0.25, -0.2) is 0 Å². The largest absolute Gasteiger partial charge is 0.329 e. The van der Waals surface area contributed by atoms with E-state index in [0.717, 1.165) is 12.0 Å². The number of fused-ring (bicyclic) bond motifs is 1. The minimum Gasteiger partial charge on any atom is -0.329 e. The van der Waals surface area contributed by atoms with Gasteiger partial charge in [0.15, 0.2) is 0 Å². The van der Waals surface area contributed by atoms with Gasteiger partial charge in [0.1, 0.15) is 5.69 Å². The van der Waals surface area contributed by atoms with Gasteiger partial charge in [0.2, 0.25) is 5.56 Å². The minimum atomic E-state index is -0.275. The SMILES string of the molecule is NCC1c2ccccc2CCN1C(=O)c1cccc(=O)[nH]1. The summed E-state index contributed by atoms with van der Waals surface area (Å²) in [7, 11) is 0. The zero-order chi connectivity index (χ0) is 14.8. The van der Waals surface area contributed by atoms with Crippen LogP contribution >= 0.6 is 0 Å². The predicted molar refractivity (Wildman–Crippen MR) is 80.0 cm³/mol. The van der Waals surface area contributed by atoms with Crippen LogP contribution in [0.2, 0.25) is 0 Å². The van der Waals surface area contributed by atoms with E-state index < -0.39 is 0 Å². The smallest absolute Gasteiger partial charge is 0.270 e. The number of aromatic amines is 1. The Morgan fingerprint density at radius 2 is 2.05 bits per heavy atom. The van der Waals surface area contributed by atoms with E-state index >= 15 is 0 Å². The highest BCUT2D eigenvalue weighted by Gasteiger charge is 2.30. The summed E-state index contributed by atoms with van der Waals surface area (Å²) in [6.07, 6.45) is 0.801. The summed E-state index contributed by atoms with van der Waals surface area (Å²) in [5, 5.41) is 0. The normalized spacial score (nSPS) is 17.4. The maximum absolute atomic E-state index is 12.6. The van der Waals surface area contributed by atoms with Gasteiger partial charge < -0.3 is 15.6 Å². The molecule has 1 aliphatic rings. The summed E-state index contributed by atoms with van der Waals surface area (Å²) in [5.74, 6) is -0.183. The van der Waals surface area contributed by atoms with Gasteiger partial charge in [-0.3, -0.25) is 9.59 Å². The van der Waals surface area contributed by atoms with Gasteiger partial charge in [-0.15, -0.1) is 0 Å². The van der Waals surface area contributed by atoms with Crippen molar-refractivity contribution < 1.29 is 4.79 Å². The molecule has 5 nitrogen and oxygen atoms in total. The lowest BCUT2D eigenvalue weighted by atomic mass is 9.92. The highest BCUT2D eigenvalue weighted by Crippen LogP contribution is 2.29. The number of nitrogens with zero attached hydrogens (tertiary/aromatic N) is 1. The van der Waals surface area contributed by atoms with E-state index in [9.17, 15) is 9.59 Å². The molecule has 1 atom stereocenters. The van der Waals surface area contributed by atoms with Crippen molar-refractivity contribution in [2.24, 2.45) is 5.73 Å². The average molecular weight is 283 g/mol. The van der Waals surface area contributed by atoms with Crippen LogP contribution in [0.5, 0.6) is 0 Å². The molecular weight excluding hydrogens is 266 g/mol. The van der Waals surface area contributed by atoms with E-state index in [2.05, 4.69) is 11.1 Å². The molecule has 2 heterocycles. The molecule has 5 heteroatoms. The third-order valence-corrected chi connectivity index (χ3v) is 3.90. The molecule has 0 saturated carbocycles. The third kappa shape index (κ3) is 2.48. The van der Waals surface area contributed by atoms with Gasteiger partial charge in [0.05, 0.1) is 6.04 Å². The Morgan fingerprint density at radius 1 is 1.24 bits per heavy atom. The van der Waals surface area contributed by atoms with E-state index in [1.54, 1.807) is 17.0 Å². The monoisotopic (exact) mass is 283 g/mol. The Balaban J connectivity index is 1.96. The molecule has 21 heavy (non-hydrogen) atoms. The molecule has 1 aromatic carbocycles. The summed E-state index contributed by atoms with van der Waals surface area (Å²) in [6, 6.07) is 12.5. The summed E-state index contributed by atoms with van der Waals surface area (Å²) in [6.45, 7) is 0.967. The first-order valence-electron chi connectivity index (χ1n) is 6.99. The van der Waals surface area contributed by atoms with Crippen molar-refractivity contribution in [1.82, 2.24) is 9.88 Å². The fourth-order valence-electron chi connectivity index (χ4n) is 2.88. The molecule has 108 valence electrons. The number of carbonyl (C=O) groups is 1. The number of hydrogen-bond acceptors (Lipinski definition) is 3. The van der Waals surface area contributed by atoms with Crippen molar-refractivity contribution in [2.45, 2.75) is 12.5 Å². The number of rotatable bonds is 2. The van der Waals surface area contributed by atoms with E-state index in [1.807, 2.05) is 18.2 Å². The van der Waals surface area contributed by atoms with Crippen molar-refractivity contribution in [1.29, 1.82) is 0 Å². The first-order chi connectivity index (χ1) is 10.2. The summed E-state index contributed by atoms with van der Waals surface area (Å²) < 4.78 is 0. The fraction of sp³-hybridized carbons (Fsp3) is 0.250. The van der Waals surface area contributed by atoms with E-state index in [0.29, 0.717) is 18.8 Å². The second-order valence-corrected chi connectivity index (χ2v) is 5.13. The Bertz CT molecular complexity index is 723. The zero-order valence-electron chi connectivity index (χ0n) is 11.6. The van der Waals surface area contributed by atoms with Crippen LogP contribution in [0.15, 0.2) is 47.3 Å². The van der Waals surface area contributed by atoms with Gasteiger partial charge in [-0.05, 0) is 23.6 Å². The van der Waals surface area contributed by atoms with Gasteiger partial charge in [0.25, 0.3) is 5.91 Å². The number of amides is 1. The van der Waals surface area contributed by atoms with Crippen molar-refractivity contribution in [3.05, 3.63) is 69.6 Å². The molecule has 3 rings (SSSR count). The summed E-state index contributed by atoms with van der Waals surface area (Å²) in [4.78, 5) is 28.3. The van der Waals surface area contributed by atoms with Gasteiger partial charge in [0, 0.05) is 19.2 Å². The van der Waals surface area contributed by atoms with Crippen LogP contribution in [0.3, 0.4) is 0 Å². The Morgan fingerprint density at radius 3 is 2.81 bits per heavy atom. The molecule has 0 bridgehead atoms. The number of nitrogens with two attached hydrogens (primary N) is 1. The van der Waals surface area contributed by atoms with E-state index in [-0.39, 0.29) is 17.5 Å². The molecule has 1 amide bonds. The van der Waals surface area contributed by atoms with Crippen LogP contribution in [0.1, 0.15) is 27.7 Å². The molecule has 3 N–H and O–H groups in total. The molecule has 1 aliphatic heterocycles. The standard InChI is InChI=1S/C16H17N3O2/c17-10-14-12-5-2-1-4-11(12)8-9-19(14)16(21)13-6-3-7-15(20)18-13/h1-7,14H,8-10,17H2,(H,18,20). The van der Waals surface area contributed by atoms with Crippen molar-refractivity contribution in [2.75, 3.05) is 13.1 Å². The van der Waals surface area contributed by atoms with Gasteiger partial charge in [-0.1, -0.05) is 30.3 Å². The minimum absolute atomic E-state index is 0.147. The topological polar surface area (TPSA) is 79.2 Å². The van der Waals surface area contributed by atoms with Crippen molar-refractivity contribution in [3.8, 4) is 0 Å². The highest BCUT2D eigenvalue weighted by atomic mass is 16.2. The Labute approximate surface area is 122 Å². The molecule has 0 radical (unpaired) electrons. The van der Waals surface area contributed by atoms with E-state index in [1.165, 1.54) is 11.6 Å². The van der Waals surface area contributed by atoms with Crippen molar-refractivity contribution >= 4 is 5.91 Å². The molecule has 0 aliphatic carbocycles. The lowest BCUT2D eigenvalue weighted by Gasteiger charge is -2.36. The highest BCUT2D eigenvalue weighted by molar-refractivity contribution is 5.92. The van der Waals surface area contributed by atoms with E-state index in [4.69, 9.17) is 5.73 Å². The number of hydrogen-bond donors (Lipinski definition) is 2. The maximum atomic E-state index is 12.6. The predicted octanol–water partition coefficient (Wildman–Crippen LogP) is 1.07. The molecule has 0 fully saturated rings. The number of carbonyl (C=O) groups excluding carboxylic acids is 1. The number of aromatic nitrogens is 1. The zero-order valence-corrected chi connectivity index (χ0v) is 11.6. The molecule has 1 aromatic heterocycles. The van der Waals surface area contributed by atoms with Gasteiger partial charge >= 0.3 is 0 Å². The number of nitrogens with one attached hydrogen (secondary N) is 1. The molecule has 0 saturated heterocycles. The van der Waals surface area contributed by atoms with Crippen LogP contribution in [0.25, 0.3) is 0 Å². The lowest BCUT2D eigenvalue weighted by molar-refractivity contribution is 0.0661. The first-order valence-corrected chi connectivity index (χ1v) is 6.99. The summed E-state index contributed by atoms with van der Waals surface area (Å²) in [5.41, 5.74) is 8.25. The van der Waals surface area contributed by atoms with Crippen LogP contribution in [0.4, 0.5) is 0 Å². The van der Waals surface area contributed by atoms with Gasteiger partial charge in [-0.2, -0.15) is 0 Å². The van der Waals surface area contributed by atoms with Crippen LogP contribution < -0.4 is 11.3 Å². The van der Waals surface area contributed by atoms with Crippen LogP contribution in [-0.2, 0) is 6.42 Å². The number of benzene rings is 1. The Kier molecular flexibility index (Phi) is 3.58. The number of H-pyrrole nitrogens is 1. The second kappa shape index (κ2) is 5.54. The van der Waals surface area contributed by atoms with Crippen LogP contribution in [-0.4, -0.2) is 28.9 Å². The quantitative estimate of drug-likeness (QED) is 0.865. The average Bonchev–Trinajstić information content (AvgIpc) is 2.53. The molecule has 1 unspecified atom stereocenters. The molecule has 2 aromatic rings. The second-order valence-electron chi connectivity index (χ2n) is 5.13. The Hall–Kier alpha value is -2.40. The summed E-state index contributed by atoms with van der Waals surface area (Å²) >= 11 is 0. The lowest BCUT2D eigenvalue weighted by Crippen LogP contribution is -2.43. The fourth-order valence-corrected chi connectivity index (χ4v) is 2.88. The van der Waals surface area contributed by atoms with Crippen LogP contribution in [0, 0.1) is 0 Å². The molecular formula is C16H17N3O2. The third-order valence-electron chi connectivity index (χ3n) is 3.90. The van der Waals surface area contributed by atoms with Crippen molar-refractivity contribution in [3.63, 3.8) is 0 Å². The molecule has 0 spiro atoms. The maximum Gasteiger partial charge on any atom is 0.270 e. The first kappa shape index (κ1) is 13.6. The number of pyridine rings is 1.